The second-order valence-corrected chi connectivity index (χ2v) is 5.05. The second-order valence-electron chi connectivity index (χ2n) is 5.05. The van der Waals surface area contributed by atoms with Crippen molar-refractivity contribution in [3.63, 3.8) is 0 Å². The molecule has 0 N–H and O–H groups in total. The lowest BCUT2D eigenvalue weighted by atomic mass is 10.3. The van der Waals surface area contributed by atoms with Crippen LogP contribution in [0.2, 0.25) is 0 Å². The number of benzene rings is 1. The number of imide groups is 1. The summed E-state index contributed by atoms with van der Waals surface area (Å²) in [4.78, 5) is 38.8. The van der Waals surface area contributed by atoms with E-state index in [1.165, 1.54) is 28.0 Å². The maximum atomic E-state index is 11.6. The van der Waals surface area contributed by atoms with Gasteiger partial charge in [0.25, 0.3) is 5.69 Å². The number of aromatic nitrogens is 3. The lowest BCUT2D eigenvalue weighted by Gasteiger charge is -2.13. The highest BCUT2D eigenvalue weighted by molar-refractivity contribution is 6.01. The molecule has 1 fully saturated rings. The van der Waals surface area contributed by atoms with Crippen LogP contribution in [-0.2, 0) is 16.0 Å². The molecule has 1 saturated heterocycles. The maximum Gasteiger partial charge on any atom is 0.269 e. The summed E-state index contributed by atoms with van der Waals surface area (Å²) in [7, 11) is 0. The van der Waals surface area contributed by atoms with Crippen molar-refractivity contribution in [1.82, 2.24) is 19.7 Å². The molecule has 0 bridgehead atoms. The Hall–Kier alpha value is -3.10. The van der Waals surface area contributed by atoms with Gasteiger partial charge in [-0.2, -0.15) is 5.10 Å². The van der Waals surface area contributed by atoms with Crippen LogP contribution in [0.3, 0.4) is 0 Å². The summed E-state index contributed by atoms with van der Waals surface area (Å²) < 4.78 is 1.54. The molecule has 9 nitrogen and oxygen atoms in total. The fourth-order valence-corrected chi connectivity index (χ4v) is 2.45. The Morgan fingerprint density at radius 2 is 1.78 bits per heavy atom. The zero-order valence-corrected chi connectivity index (χ0v) is 12.1. The van der Waals surface area contributed by atoms with Gasteiger partial charge in [-0.3, -0.25) is 24.6 Å². The van der Waals surface area contributed by atoms with Gasteiger partial charge in [0.15, 0.2) is 0 Å². The molecule has 0 aliphatic carbocycles. The van der Waals surface area contributed by atoms with Crippen LogP contribution in [-0.4, -0.2) is 42.9 Å². The van der Waals surface area contributed by atoms with E-state index in [4.69, 9.17) is 0 Å². The minimum absolute atomic E-state index is 0.0105. The van der Waals surface area contributed by atoms with Crippen molar-refractivity contribution in [2.45, 2.75) is 19.3 Å². The smallest absolute Gasteiger partial charge is 0.269 e. The Bertz CT molecular complexity index is 752. The van der Waals surface area contributed by atoms with Crippen LogP contribution in [0.25, 0.3) is 5.69 Å². The van der Waals surface area contributed by atoms with E-state index >= 15 is 0 Å². The topological polar surface area (TPSA) is 111 Å². The molecule has 0 spiro atoms. The lowest BCUT2D eigenvalue weighted by Crippen LogP contribution is -2.31. The minimum atomic E-state index is -0.476. The van der Waals surface area contributed by atoms with Gasteiger partial charge in [-0.1, -0.05) is 0 Å². The molecule has 0 unspecified atom stereocenters. The number of carbonyl (C=O) groups is 2. The molecular weight excluding hydrogens is 302 g/mol. The average Bonchev–Trinajstić information content (AvgIpc) is 3.13. The van der Waals surface area contributed by atoms with Crippen molar-refractivity contribution in [3.8, 4) is 5.69 Å². The average molecular weight is 315 g/mol. The quantitative estimate of drug-likeness (QED) is 0.460. The number of rotatable bonds is 5. The van der Waals surface area contributed by atoms with Gasteiger partial charge in [0.1, 0.15) is 12.2 Å². The van der Waals surface area contributed by atoms with Gasteiger partial charge in [-0.05, 0) is 12.1 Å². The van der Waals surface area contributed by atoms with E-state index in [2.05, 4.69) is 10.1 Å². The number of nitrogens with zero attached hydrogens (tertiary/aromatic N) is 5. The monoisotopic (exact) mass is 315 g/mol. The normalized spacial score (nSPS) is 14.5. The van der Waals surface area contributed by atoms with Gasteiger partial charge in [-0.15, -0.1) is 0 Å². The zero-order chi connectivity index (χ0) is 16.4. The Labute approximate surface area is 130 Å². The first kappa shape index (κ1) is 14.8. The van der Waals surface area contributed by atoms with Gasteiger partial charge in [0.05, 0.1) is 10.6 Å². The van der Waals surface area contributed by atoms with Gasteiger partial charge >= 0.3 is 0 Å². The summed E-state index contributed by atoms with van der Waals surface area (Å²) in [5.74, 6) is 0.235. The van der Waals surface area contributed by atoms with Crippen molar-refractivity contribution in [2.75, 3.05) is 6.54 Å². The third kappa shape index (κ3) is 2.93. The van der Waals surface area contributed by atoms with E-state index in [1.807, 2.05) is 0 Å². The number of nitro benzene ring substituents is 1. The summed E-state index contributed by atoms with van der Waals surface area (Å²) in [6.45, 7) is 0.253. The Morgan fingerprint density at radius 3 is 2.39 bits per heavy atom. The van der Waals surface area contributed by atoms with Crippen LogP contribution in [0.5, 0.6) is 0 Å². The van der Waals surface area contributed by atoms with Gasteiger partial charge in [0.2, 0.25) is 11.8 Å². The van der Waals surface area contributed by atoms with Crippen molar-refractivity contribution in [3.05, 3.63) is 46.5 Å². The first-order valence-electron chi connectivity index (χ1n) is 7.03. The highest BCUT2D eigenvalue weighted by Gasteiger charge is 2.28. The molecule has 0 saturated carbocycles. The van der Waals surface area contributed by atoms with Gasteiger partial charge in [-0.25, -0.2) is 9.67 Å². The molecule has 2 amide bonds. The fraction of sp³-hybridized carbons (Fsp3) is 0.286. The number of likely N-dealkylation sites (tertiary alicyclic amines) is 1. The molecule has 118 valence electrons. The van der Waals surface area contributed by atoms with Crippen LogP contribution >= 0.6 is 0 Å². The summed E-state index contributed by atoms with van der Waals surface area (Å²) in [5, 5.41) is 14.8. The zero-order valence-electron chi connectivity index (χ0n) is 12.1. The summed E-state index contributed by atoms with van der Waals surface area (Å²) >= 11 is 0. The maximum absolute atomic E-state index is 11.6. The first-order valence-corrected chi connectivity index (χ1v) is 7.03. The molecule has 2 heterocycles. The van der Waals surface area contributed by atoms with Crippen molar-refractivity contribution < 1.29 is 14.5 Å². The molecule has 0 atom stereocenters. The standard InChI is InChI=1S/C14H13N5O4/c20-13-5-6-14(21)17(13)8-7-12-15-9-16-18(12)10-1-3-11(4-2-10)19(22)23/h1-4,9H,5-8H2. The predicted molar refractivity (Wildman–Crippen MR) is 77.7 cm³/mol. The molecule has 9 heteroatoms. The van der Waals surface area contributed by atoms with Crippen molar-refractivity contribution in [2.24, 2.45) is 0 Å². The van der Waals surface area contributed by atoms with Crippen LogP contribution < -0.4 is 0 Å². The van der Waals surface area contributed by atoms with Crippen molar-refractivity contribution >= 4 is 17.5 Å². The third-order valence-electron chi connectivity index (χ3n) is 3.64. The summed E-state index contributed by atoms with van der Waals surface area (Å²) in [5.41, 5.74) is 0.617. The molecule has 23 heavy (non-hydrogen) atoms. The van der Waals surface area contributed by atoms with E-state index in [1.54, 1.807) is 12.1 Å². The van der Waals surface area contributed by atoms with Crippen LogP contribution in [0.15, 0.2) is 30.6 Å². The van der Waals surface area contributed by atoms with Crippen LogP contribution in [0, 0.1) is 10.1 Å². The van der Waals surface area contributed by atoms with Crippen molar-refractivity contribution in [1.29, 1.82) is 0 Å². The molecule has 0 radical (unpaired) electrons. The van der Waals surface area contributed by atoms with E-state index < -0.39 is 4.92 Å². The third-order valence-corrected chi connectivity index (χ3v) is 3.64. The van der Waals surface area contributed by atoms with Crippen LogP contribution in [0.1, 0.15) is 18.7 Å². The lowest BCUT2D eigenvalue weighted by molar-refractivity contribution is -0.384. The first-order chi connectivity index (χ1) is 11.1. The SMILES string of the molecule is O=C1CCC(=O)N1CCc1ncnn1-c1ccc([N+](=O)[O-])cc1. The molecule has 1 aromatic heterocycles. The van der Waals surface area contributed by atoms with Crippen LogP contribution in [0.4, 0.5) is 5.69 Å². The summed E-state index contributed by atoms with van der Waals surface area (Å²) in [6.07, 6.45) is 2.25. The Kier molecular flexibility index (Phi) is 3.83. The molecule has 1 aliphatic rings. The number of carbonyl (C=O) groups excluding carboxylic acids is 2. The number of amides is 2. The van der Waals surface area contributed by atoms with E-state index in [0.29, 0.717) is 17.9 Å². The number of non-ortho nitro benzene ring substituents is 1. The molecule has 2 aromatic rings. The van der Waals surface area contributed by atoms with Gasteiger partial charge < -0.3 is 0 Å². The highest BCUT2D eigenvalue weighted by Crippen LogP contribution is 2.17. The largest absolute Gasteiger partial charge is 0.282 e. The molecule has 1 aliphatic heterocycles. The van der Waals surface area contributed by atoms with E-state index in [0.717, 1.165) is 0 Å². The fourth-order valence-electron chi connectivity index (χ4n) is 2.45. The van der Waals surface area contributed by atoms with Gasteiger partial charge in [0, 0.05) is 37.9 Å². The predicted octanol–water partition coefficient (Wildman–Crippen LogP) is 0.867. The Balaban J connectivity index is 1.75. The number of hydrogen-bond donors (Lipinski definition) is 0. The van der Waals surface area contributed by atoms with E-state index in [-0.39, 0.29) is 36.9 Å². The number of nitro groups is 1. The minimum Gasteiger partial charge on any atom is -0.282 e. The highest BCUT2D eigenvalue weighted by atomic mass is 16.6. The number of hydrogen-bond acceptors (Lipinski definition) is 6. The molecular formula is C14H13N5O4. The Morgan fingerprint density at radius 1 is 1.13 bits per heavy atom. The second kappa shape index (κ2) is 5.95. The molecule has 1 aromatic carbocycles. The summed E-state index contributed by atoms with van der Waals surface area (Å²) in [6, 6.07) is 5.91. The molecule has 3 rings (SSSR count). The van der Waals surface area contributed by atoms with E-state index in [9.17, 15) is 19.7 Å².